The minimum atomic E-state index is 0.520. The minimum Gasteiger partial charge on any atom is -0.383 e. The fourth-order valence-corrected chi connectivity index (χ4v) is 3.20. The van der Waals surface area contributed by atoms with Crippen LogP contribution in [0.5, 0.6) is 0 Å². The standard InChI is InChI=1S/C13H21N5/c1-2-10-12(14)15-8-16-13(10)17-11-7-18-5-3-9(11)4-6-18/h8-9,11H,2-7H2,1H3,(H3,14,15,16,17). The van der Waals surface area contributed by atoms with Crippen molar-refractivity contribution in [2.24, 2.45) is 5.92 Å². The molecule has 98 valence electrons. The van der Waals surface area contributed by atoms with Crippen molar-refractivity contribution < 1.29 is 0 Å². The van der Waals surface area contributed by atoms with Crippen LogP contribution >= 0.6 is 0 Å². The van der Waals surface area contributed by atoms with Crippen LogP contribution in [0.2, 0.25) is 0 Å². The van der Waals surface area contributed by atoms with Crippen molar-refractivity contribution in [2.75, 3.05) is 30.7 Å². The van der Waals surface area contributed by atoms with Gasteiger partial charge in [-0.2, -0.15) is 0 Å². The fraction of sp³-hybridized carbons (Fsp3) is 0.692. The smallest absolute Gasteiger partial charge is 0.134 e. The molecule has 1 unspecified atom stereocenters. The second-order valence-electron chi connectivity index (χ2n) is 5.33. The van der Waals surface area contributed by atoms with E-state index in [0.29, 0.717) is 11.9 Å². The van der Waals surface area contributed by atoms with E-state index in [4.69, 9.17) is 5.73 Å². The Bertz CT molecular complexity index is 425. The van der Waals surface area contributed by atoms with E-state index in [-0.39, 0.29) is 0 Å². The first-order chi connectivity index (χ1) is 8.78. The molecule has 0 aliphatic carbocycles. The first-order valence-corrected chi connectivity index (χ1v) is 6.86. The average Bonchev–Trinajstić information content (AvgIpc) is 2.40. The lowest BCUT2D eigenvalue weighted by Crippen LogP contribution is -2.53. The van der Waals surface area contributed by atoms with Crippen LogP contribution in [0, 0.1) is 5.92 Å². The summed E-state index contributed by atoms with van der Waals surface area (Å²) in [4.78, 5) is 11.0. The number of fused-ring (bicyclic) bond motifs is 3. The Hall–Kier alpha value is -1.36. The zero-order chi connectivity index (χ0) is 12.5. The van der Waals surface area contributed by atoms with Gasteiger partial charge in [0, 0.05) is 18.2 Å². The maximum Gasteiger partial charge on any atom is 0.134 e. The Balaban J connectivity index is 1.78. The van der Waals surface area contributed by atoms with Crippen LogP contribution in [0.3, 0.4) is 0 Å². The first-order valence-electron chi connectivity index (χ1n) is 6.86. The topological polar surface area (TPSA) is 67.1 Å². The number of anilines is 2. The number of aromatic nitrogens is 2. The minimum absolute atomic E-state index is 0.520. The van der Waals surface area contributed by atoms with Crippen LogP contribution in [0.15, 0.2) is 6.33 Å². The highest BCUT2D eigenvalue weighted by Gasteiger charge is 2.34. The van der Waals surface area contributed by atoms with E-state index in [1.54, 1.807) is 6.33 Å². The SMILES string of the molecule is CCc1c(N)ncnc1NC1CN2CCC1CC2. The third kappa shape index (κ3) is 2.03. The summed E-state index contributed by atoms with van der Waals surface area (Å²) in [6, 6.07) is 0.520. The van der Waals surface area contributed by atoms with Crippen LogP contribution in [0.1, 0.15) is 25.3 Å². The van der Waals surface area contributed by atoms with Crippen LogP contribution in [0.25, 0.3) is 0 Å². The number of nitrogen functional groups attached to an aromatic ring is 1. The molecular weight excluding hydrogens is 226 g/mol. The van der Waals surface area contributed by atoms with Crippen molar-refractivity contribution in [2.45, 2.75) is 32.2 Å². The molecule has 0 spiro atoms. The third-order valence-corrected chi connectivity index (χ3v) is 4.31. The van der Waals surface area contributed by atoms with Crippen molar-refractivity contribution >= 4 is 11.6 Å². The van der Waals surface area contributed by atoms with Gasteiger partial charge in [0.05, 0.1) is 0 Å². The van der Waals surface area contributed by atoms with E-state index in [0.717, 1.165) is 30.3 Å². The number of piperidine rings is 3. The highest BCUT2D eigenvalue weighted by atomic mass is 15.2. The number of rotatable bonds is 3. The molecule has 1 atom stereocenters. The number of hydrogen-bond acceptors (Lipinski definition) is 5. The molecule has 4 rings (SSSR count). The molecule has 3 aliphatic heterocycles. The van der Waals surface area contributed by atoms with Gasteiger partial charge < -0.3 is 16.0 Å². The van der Waals surface area contributed by atoms with Gasteiger partial charge >= 0.3 is 0 Å². The van der Waals surface area contributed by atoms with Crippen molar-refractivity contribution in [1.29, 1.82) is 0 Å². The van der Waals surface area contributed by atoms with Gasteiger partial charge in [0.25, 0.3) is 0 Å². The summed E-state index contributed by atoms with van der Waals surface area (Å²) < 4.78 is 0. The summed E-state index contributed by atoms with van der Waals surface area (Å²) >= 11 is 0. The molecule has 4 heterocycles. The summed E-state index contributed by atoms with van der Waals surface area (Å²) in [6.07, 6.45) is 5.04. The Morgan fingerprint density at radius 1 is 1.39 bits per heavy atom. The number of nitrogens with zero attached hydrogens (tertiary/aromatic N) is 3. The highest BCUT2D eigenvalue weighted by molar-refractivity contribution is 5.55. The van der Waals surface area contributed by atoms with Crippen molar-refractivity contribution in [3.63, 3.8) is 0 Å². The average molecular weight is 247 g/mol. The third-order valence-electron chi connectivity index (χ3n) is 4.31. The second-order valence-corrected chi connectivity index (χ2v) is 5.33. The summed E-state index contributed by atoms with van der Waals surface area (Å²) in [5, 5.41) is 3.60. The molecule has 1 aromatic rings. The molecule has 2 bridgehead atoms. The van der Waals surface area contributed by atoms with E-state index >= 15 is 0 Å². The molecule has 0 radical (unpaired) electrons. The quantitative estimate of drug-likeness (QED) is 0.838. The van der Waals surface area contributed by atoms with Crippen LogP contribution in [-0.2, 0) is 6.42 Å². The van der Waals surface area contributed by atoms with E-state index < -0.39 is 0 Å². The molecule has 3 fully saturated rings. The molecule has 18 heavy (non-hydrogen) atoms. The molecule has 0 amide bonds. The zero-order valence-electron chi connectivity index (χ0n) is 10.9. The summed E-state index contributed by atoms with van der Waals surface area (Å²) in [5.74, 6) is 2.33. The number of hydrogen-bond donors (Lipinski definition) is 2. The molecule has 5 nitrogen and oxygen atoms in total. The van der Waals surface area contributed by atoms with Gasteiger partial charge in [-0.05, 0) is 38.3 Å². The largest absolute Gasteiger partial charge is 0.383 e. The van der Waals surface area contributed by atoms with Crippen molar-refractivity contribution in [3.8, 4) is 0 Å². The first kappa shape index (κ1) is 11.7. The maximum atomic E-state index is 5.91. The molecule has 3 N–H and O–H groups in total. The van der Waals surface area contributed by atoms with E-state index in [1.165, 1.54) is 25.9 Å². The Morgan fingerprint density at radius 2 is 2.17 bits per heavy atom. The number of nitrogens with two attached hydrogens (primary N) is 1. The van der Waals surface area contributed by atoms with Gasteiger partial charge in [0.1, 0.15) is 18.0 Å². The van der Waals surface area contributed by atoms with Gasteiger partial charge in [0.15, 0.2) is 0 Å². The Morgan fingerprint density at radius 3 is 2.78 bits per heavy atom. The van der Waals surface area contributed by atoms with Gasteiger partial charge in [0.2, 0.25) is 0 Å². The monoisotopic (exact) mass is 247 g/mol. The van der Waals surface area contributed by atoms with E-state index in [2.05, 4.69) is 27.1 Å². The molecule has 5 heteroatoms. The Kier molecular flexibility index (Phi) is 3.07. The molecule has 3 saturated heterocycles. The fourth-order valence-electron chi connectivity index (χ4n) is 3.20. The van der Waals surface area contributed by atoms with E-state index in [1.807, 2.05) is 0 Å². The van der Waals surface area contributed by atoms with Crippen LogP contribution in [0.4, 0.5) is 11.6 Å². The molecule has 3 aliphatic rings. The molecular formula is C13H21N5. The number of nitrogens with one attached hydrogen (secondary N) is 1. The zero-order valence-corrected chi connectivity index (χ0v) is 10.9. The molecule has 1 aromatic heterocycles. The predicted molar refractivity (Wildman–Crippen MR) is 72.4 cm³/mol. The van der Waals surface area contributed by atoms with Gasteiger partial charge in [-0.25, -0.2) is 9.97 Å². The summed E-state index contributed by atoms with van der Waals surface area (Å²) in [5.41, 5.74) is 6.96. The van der Waals surface area contributed by atoms with Gasteiger partial charge in [-0.3, -0.25) is 0 Å². The van der Waals surface area contributed by atoms with Gasteiger partial charge in [-0.1, -0.05) is 6.92 Å². The normalized spacial score (nSPS) is 30.4. The maximum absolute atomic E-state index is 5.91. The van der Waals surface area contributed by atoms with E-state index in [9.17, 15) is 0 Å². The summed E-state index contributed by atoms with van der Waals surface area (Å²) in [7, 11) is 0. The van der Waals surface area contributed by atoms with Crippen molar-refractivity contribution in [1.82, 2.24) is 14.9 Å². The summed E-state index contributed by atoms with van der Waals surface area (Å²) in [6.45, 7) is 5.75. The predicted octanol–water partition coefficient (Wildman–Crippen LogP) is 1.13. The second kappa shape index (κ2) is 4.72. The lowest BCUT2D eigenvalue weighted by Gasteiger charge is -2.45. The van der Waals surface area contributed by atoms with Crippen molar-refractivity contribution in [3.05, 3.63) is 11.9 Å². The van der Waals surface area contributed by atoms with Gasteiger partial charge in [-0.15, -0.1) is 0 Å². The highest BCUT2D eigenvalue weighted by Crippen LogP contribution is 2.30. The molecule has 0 saturated carbocycles. The Labute approximate surface area is 108 Å². The van der Waals surface area contributed by atoms with Crippen LogP contribution in [-0.4, -0.2) is 40.5 Å². The lowest BCUT2D eigenvalue weighted by atomic mass is 9.84. The lowest BCUT2D eigenvalue weighted by molar-refractivity contribution is 0.0973. The molecule has 0 aromatic carbocycles. The van der Waals surface area contributed by atoms with Crippen LogP contribution < -0.4 is 11.1 Å².